The van der Waals surface area contributed by atoms with Crippen molar-refractivity contribution >= 4 is 17.4 Å². The maximum atomic E-state index is 12.6. The molecule has 0 atom stereocenters. The molecule has 0 radical (unpaired) electrons. The smallest absolute Gasteiger partial charge is 0.433 e. The first-order valence-corrected chi connectivity index (χ1v) is 12.0. The first-order valence-electron chi connectivity index (χ1n) is 12.0. The number of nitrogens with one attached hydrogen (secondary N) is 1. The second-order valence-corrected chi connectivity index (χ2v) is 9.05. The predicted molar refractivity (Wildman–Crippen MR) is 133 cm³/mol. The summed E-state index contributed by atoms with van der Waals surface area (Å²) in [5.74, 6) is 0.950. The number of anilines is 2. The van der Waals surface area contributed by atoms with Gasteiger partial charge in [-0.1, -0.05) is 18.2 Å². The van der Waals surface area contributed by atoms with Crippen LogP contribution in [0.4, 0.5) is 24.7 Å². The molecule has 1 aliphatic rings. The monoisotopic (exact) mass is 514 g/mol. The summed E-state index contributed by atoms with van der Waals surface area (Å²) < 4.78 is 43.4. The Hall–Kier alpha value is -3.89. The van der Waals surface area contributed by atoms with Gasteiger partial charge in [0.1, 0.15) is 12.3 Å². The summed E-state index contributed by atoms with van der Waals surface area (Å²) in [6.07, 6.45) is -1.47. The Morgan fingerprint density at radius 1 is 1.05 bits per heavy atom. The number of carbonyl (C=O) groups excluding carboxylic acids is 1. The number of hydrogen-bond acceptors (Lipinski definition) is 7. The van der Waals surface area contributed by atoms with Crippen LogP contribution in [-0.2, 0) is 24.1 Å². The van der Waals surface area contributed by atoms with E-state index in [9.17, 15) is 18.0 Å². The second kappa shape index (κ2) is 11.4. The Morgan fingerprint density at radius 2 is 1.76 bits per heavy atom. The standard InChI is InChI=1S/C26H29F3N6O2/c1-18(36)31-21-11-13-35(14-12-21)22-6-3-19(4-7-22)16-34(2)24-9-10-25(33-32-24)37-17-20-5-8-23(30-15-20)26(27,28)29/h3-10,15,21H,11-14,16-17H2,1-2H3,(H,31,36). The van der Waals surface area contributed by atoms with E-state index in [1.165, 1.54) is 6.07 Å². The van der Waals surface area contributed by atoms with E-state index >= 15 is 0 Å². The highest BCUT2D eigenvalue weighted by Crippen LogP contribution is 2.27. The van der Waals surface area contributed by atoms with Crippen molar-refractivity contribution in [3.63, 3.8) is 0 Å². The number of pyridine rings is 1. The number of rotatable bonds is 8. The van der Waals surface area contributed by atoms with Gasteiger partial charge in [0, 0.05) is 63.2 Å². The lowest BCUT2D eigenvalue weighted by Crippen LogP contribution is -2.44. The van der Waals surface area contributed by atoms with Gasteiger partial charge >= 0.3 is 6.18 Å². The molecule has 0 spiro atoms. The van der Waals surface area contributed by atoms with E-state index in [0.29, 0.717) is 17.9 Å². The zero-order valence-electron chi connectivity index (χ0n) is 20.7. The van der Waals surface area contributed by atoms with Crippen molar-refractivity contribution in [1.82, 2.24) is 20.5 Å². The second-order valence-electron chi connectivity index (χ2n) is 9.05. The molecule has 1 amide bonds. The summed E-state index contributed by atoms with van der Waals surface area (Å²) in [7, 11) is 1.92. The lowest BCUT2D eigenvalue weighted by molar-refractivity contribution is -0.141. The fourth-order valence-electron chi connectivity index (χ4n) is 4.16. The molecule has 1 N–H and O–H groups in total. The molecule has 0 unspecified atom stereocenters. The topological polar surface area (TPSA) is 83.5 Å². The number of hydrogen-bond donors (Lipinski definition) is 1. The molecule has 196 valence electrons. The fourth-order valence-corrected chi connectivity index (χ4v) is 4.16. The summed E-state index contributed by atoms with van der Waals surface area (Å²) in [5, 5.41) is 11.3. The van der Waals surface area contributed by atoms with Gasteiger partial charge in [-0.15, -0.1) is 10.2 Å². The van der Waals surface area contributed by atoms with Crippen LogP contribution in [0.25, 0.3) is 0 Å². The zero-order chi connectivity index (χ0) is 26.4. The average molecular weight is 515 g/mol. The fraction of sp³-hybridized carbons (Fsp3) is 0.385. The number of ether oxygens (including phenoxy) is 1. The van der Waals surface area contributed by atoms with Crippen LogP contribution in [-0.4, -0.2) is 47.3 Å². The van der Waals surface area contributed by atoms with Crippen LogP contribution in [0.15, 0.2) is 54.7 Å². The van der Waals surface area contributed by atoms with Crippen LogP contribution in [0.2, 0.25) is 0 Å². The van der Waals surface area contributed by atoms with E-state index in [1.54, 1.807) is 19.1 Å². The molecule has 11 heteroatoms. The van der Waals surface area contributed by atoms with Gasteiger partial charge in [-0.05, 0) is 42.7 Å². The van der Waals surface area contributed by atoms with Crippen LogP contribution in [0.3, 0.4) is 0 Å². The highest BCUT2D eigenvalue weighted by Gasteiger charge is 2.32. The zero-order valence-corrected chi connectivity index (χ0v) is 20.7. The minimum absolute atomic E-state index is 0.0227. The van der Waals surface area contributed by atoms with Crippen molar-refractivity contribution in [2.75, 3.05) is 29.9 Å². The molecular weight excluding hydrogens is 485 g/mol. The molecule has 1 saturated heterocycles. The Morgan fingerprint density at radius 3 is 2.32 bits per heavy atom. The van der Waals surface area contributed by atoms with Gasteiger partial charge in [-0.25, -0.2) is 0 Å². The Kier molecular flexibility index (Phi) is 8.10. The van der Waals surface area contributed by atoms with Crippen LogP contribution >= 0.6 is 0 Å². The van der Waals surface area contributed by atoms with Gasteiger partial charge in [0.25, 0.3) is 0 Å². The molecule has 2 aromatic heterocycles. The highest BCUT2D eigenvalue weighted by molar-refractivity contribution is 5.73. The molecule has 4 rings (SSSR count). The molecule has 3 aromatic rings. The van der Waals surface area contributed by atoms with Gasteiger partial charge in [0.2, 0.25) is 11.8 Å². The maximum Gasteiger partial charge on any atom is 0.433 e. The van der Waals surface area contributed by atoms with Gasteiger partial charge in [-0.2, -0.15) is 13.2 Å². The normalized spacial score (nSPS) is 14.4. The van der Waals surface area contributed by atoms with Crippen molar-refractivity contribution in [2.45, 2.75) is 45.1 Å². The van der Waals surface area contributed by atoms with Crippen LogP contribution < -0.4 is 19.9 Å². The number of aromatic nitrogens is 3. The molecular formula is C26H29F3N6O2. The lowest BCUT2D eigenvalue weighted by atomic mass is 10.0. The molecule has 1 aliphatic heterocycles. The summed E-state index contributed by atoms with van der Waals surface area (Å²) >= 11 is 0. The number of nitrogens with zero attached hydrogens (tertiary/aromatic N) is 5. The minimum atomic E-state index is -4.47. The van der Waals surface area contributed by atoms with Gasteiger partial charge < -0.3 is 19.9 Å². The minimum Gasteiger partial charge on any atom is -0.472 e. The number of amides is 1. The Balaban J connectivity index is 1.26. The summed E-state index contributed by atoms with van der Waals surface area (Å²) in [5.41, 5.74) is 1.84. The van der Waals surface area contributed by atoms with Crippen molar-refractivity contribution in [1.29, 1.82) is 0 Å². The Labute approximate surface area is 213 Å². The quantitative estimate of drug-likeness (QED) is 0.482. The van der Waals surface area contributed by atoms with Crippen molar-refractivity contribution in [3.05, 3.63) is 71.5 Å². The highest BCUT2D eigenvalue weighted by atomic mass is 19.4. The molecule has 3 heterocycles. The third-order valence-electron chi connectivity index (χ3n) is 6.14. The number of halogens is 3. The van der Waals surface area contributed by atoms with Gasteiger partial charge in [0.05, 0.1) is 0 Å². The van der Waals surface area contributed by atoms with Gasteiger partial charge in [-0.3, -0.25) is 9.78 Å². The van der Waals surface area contributed by atoms with E-state index in [0.717, 1.165) is 49.4 Å². The van der Waals surface area contributed by atoms with E-state index in [4.69, 9.17) is 4.74 Å². The van der Waals surface area contributed by atoms with E-state index in [1.807, 2.05) is 11.9 Å². The van der Waals surface area contributed by atoms with Crippen LogP contribution in [0.5, 0.6) is 5.88 Å². The largest absolute Gasteiger partial charge is 0.472 e. The number of benzene rings is 1. The first-order chi connectivity index (χ1) is 17.7. The molecule has 0 aliphatic carbocycles. The Bertz CT molecular complexity index is 1160. The maximum absolute atomic E-state index is 12.6. The van der Waals surface area contributed by atoms with Crippen molar-refractivity contribution in [2.24, 2.45) is 0 Å². The first kappa shape index (κ1) is 26.2. The number of alkyl halides is 3. The van der Waals surface area contributed by atoms with E-state index in [-0.39, 0.29) is 24.4 Å². The third-order valence-corrected chi connectivity index (χ3v) is 6.14. The van der Waals surface area contributed by atoms with Crippen LogP contribution in [0, 0.1) is 0 Å². The van der Waals surface area contributed by atoms with E-state index in [2.05, 4.69) is 49.7 Å². The molecule has 0 bridgehead atoms. The summed E-state index contributed by atoms with van der Waals surface area (Å²) in [6, 6.07) is 14.4. The van der Waals surface area contributed by atoms with Crippen LogP contribution in [0.1, 0.15) is 36.6 Å². The summed E-state index contributed by atoms with van der Waals surface area (Å²) in [6.45, 7) is 4.04. The van der Waals surface area contributed by atoms with Crippen molar-refractivity contribution in [3.8, 4) is 5.88 Å². The van der Waals surface area contributed by atoms with Gasteiger partial charge in [0.15, 0.2) is 5.82 Å². The molecule has 1 aromatic carbocycles. The molecule has 1 fully saturated rings. The average Bonchev–Trinajstić information content (AvgIpc) is 2.88. The molecule has 37 heavy (non-hydrogen) atoms. The van der Waals surface area contributed by atoms with Crippen molar-refractivity contribution < 1.29 is 22.7 Å². The molecule has 0 saturated carbocycles. The number of carbonyl (C=O) groups is 1. The predicted octanol–water partition coefficient (Wildman–Crippen LogP) is 4.21. The summed E-state index contributed by atoms with van der Waals surface area (Å²) in [4.78, 5) is 19.0. The van der Waals surface area contributed by atoms with E-state index < -0.39 is 11.9 Å². The SMILES string of the molecule is CC(=O)NC1CCN(c2ccc(CN(C)c3ccc(OCc4ccc(C(F)(F)F)nc4)nn3)cc2)CC1. The third kappa shape index (κ3) is 7.31. The number of piperidine rings is 1. The lowest BCUT2D eigenvalue weighted by Gasteiger charge is -2.34. The molecule has 8 nitrogen and oxygen atoms in total.